The quantitative estimate of drug-likeness (QED) is 0.827. The number of methoxy groups -OCH3 is 1. The Bertz CT molecular complexity index is 433. The first-order chi connectivity index (χ1) is 9.74. The first-order valence-electron chi connectivity index (χ1n) is 7.04. The second kappa shape index (κ2) is 7.26. The number of aliphatic hydroxyl groups excluding tert-OH is 1. The molecule has 1 aliphatic heterocycles. The molecule has 0 radical (unpaired) electrons. The molecular weight excluding hydrogens is 256 g/mol. The second-order valence-corrected chi connectivity index (χ2v) is 4.99. The lowest BCUT2D eigenvalue weighted by molar-refractivity contribution is -0.120. The zero-order valence-corrected chi connectivity index (χ0v) is 11.8. The molecule has 5 heteroatoms. The Hall–Kier alpha value is -1.59. The van der Waals surface area contributed by atoms with E-state index >= 15 is 0 Å². The normalized spacial score (nSPS) is 19.0. The fourth-order valence-electron chi connectivity index (χ4n) is 2.56. The van der Waals surface area contributed by atoms with Crippen LogP contribution in [0.4, 0.5) is 5.69 Å². The van der Waals surface area contributed by atoms with E-state index in [1.807, 2.05) is 24.3 Å². The third-order valence-electron chi connectivity index (χ3n) is 3.63. The maximum Gasteiger partial charge on any atom is 0.241 e. The van der Waals surface area contributed by atoms with Gasteiger partial charge in [-0.3, -0.25) is 9.69 Å². The third-order valence-corrected chi connectivity index (χ3v) is 3.63. The molecule has 2 N–H and O–H groups in total. The first kappa shape index (κ1) is 14.8. The van der Waals surface area contributed by atoms with Gasteiger partial charge in [-0.2, -0.15) is 0 Å². The molecular formula is C15H22N2O3. The highest BCUT2D eigenvalue weighted by Crippen LogP contribution is 2.20. The van der Waals surface area contributed by atoms with Crippen molar-refractivity contribution in [3.63, 3.8) is 0 Å². The van der Waals surface area contributed by atoms with Crippen LogP contribution in [0.5, 0.6) is 5.75 Å². The van der Waals surface area contributed by atoms with Gasteiger partial charge in [0.25, 0.3) is 0 Å². The predicted octanol–water partition coefficient (Wildman–Crippen LogP) is 1.48. The Morgan fingerprint density at radius 2 is 2.20 bits per heavy atom. The van der Waals surface area contributed by atoms with Crippen LogP contribution in [0.15, 0.2) is 24.3 Å². The topological polar surface area (TPSA) is 61.8 Å². The van der Waals surface area contributed by atoms with Gasteiger partial charge >= 0.3 is 0 Å². The van der Waals surface area contributed by atoms with Gasteiger partial charge in [0.05, 0.1) is 13.2 Å². The molecule has 1 atom stereocenters. The van der Waals surface area contributed by atoms with Crippen LogP contribution in [0.1, 0.15) is 19.3 Å². The number of amides is 1. The van der Waals surface area contributed by atoms with E-state index in [0.717, 1.165) is 37.4 Å². The molecule has 20 heavy (non-hydrogen) atoms. The van der Waals surface area contributed by atoms with Crippen molar-refractivity contribution in [1.82, 2.24) is 4.90 Å². The van der Waals surface area contributed by atoms with Crippen LogP contribution >= 0.6 is 0 Å². The van der Waals surface area contributed by atoms with Gasteiger partial charge < -0.3 is 15.2 Å². The smallest absolute Gasteiger partial charge is 0.241 e. The van der Waals surface area contributed by atoms with Crippen molar-refractivity contribution in [1.29, 1.82) is 0 Å². The number of benzene rings is 1. The van der Waals surface area contributed by atoms with Crippen LogP contribution in [0, 0.1) is 0 Å². The minimum absolute atomic E-state index is 0.0330. The van der Waals surface area contributed by atoms with E-state index in [1.54, 1.807) is 7.11 Å². The van der Waals surface area contributed by atoms with E-state index in [0.29, 0.717) is 6.42 Å². The number of rotatable bonds is 6. The molecule has 5 nitrogen and oxygen atoms in total. The summed E-state index contributed by atoms with van der Waals surface area (Å²) in [5.41, 5.74) is 0.782. The fourth-order valence-corrected chi connectivity index (χ4v) is 2.56. The summed E-state index contributed by atoms with van der Waals surface area (Å²) in [5.74, 6) is 0.805. The van der Waals surface area contributed by atoms with E-state index in [4.69, 9.17) is 9.84 Å². The lowest BCUT2D eigenvalue weighted by Crippen LogP contribution is -2.40. The highest BCUT2D eigenvalue weighted by Gasteiger charge is 2.30. The molecule has 1 heterocycles. The Kier molecular flexibility index (Phi) is 5.38. The molecule has 0 bridgehead atoms. The average molecular weight is 278 g/mol. The molecule has 0 saturated carbocycles. The molecule has 1 aromatic carbocycles. The van der Waals surface area contributed by atoms with Gasteiger partial charge in [-0.1, -0.05) is 0 Å². The Morgan fingerprint density at radius 1 is 1.45 bits per heavy atom. The second-order valence-electron chi connectivity index (χ2n) is 4.99. The Labute approximate surface area is 119 Å². The van der Waals surface area contributed by atoms with E-state index in [2.05, 4.69) is 10.2 Å². The lowest BCUT2D eigenvalue weighted by Gasteiger charge is -2.23. The van der Waals surface area contributed by atoms with Gasteiger partial charge in [0.15, 0.2) is 0 Å². The number of anilines is 1. The van der Waals surface area contributed by atoms with Crippen molar-refractivity contribution in [3.8, 4) is 5.75 Å². The zero-order valence-electron chi connectivity index (χ0n) is 11.8. The van der Waals surface area contributed by atoms with E-state index in [9.17, 15) is 4.79 Å². The number of nitrogens with one attached hydrogen (secondary N) is 1. The van der Waals surface area contributed by atoms with Crippen molar-refractivity contribution in [2.24, 2.45) is 0 Å². The monoisotopic (exact) mass is 278 g/mol. The Morgan fingerprint density at radius 3 is 2.85 bits per heavy atom. The number of hydrogen-bond acceptors (Lipinski definition) is 4. The third kappa shape index (κ3) is 3.71. The summed E-state index contributed by atoms with van der Waals surface area (Å²) in [6.07, 6.45) is 2.63. The Balaban J connectivity index is 1.92. The summed E-state index contributed by atoms with van der Waals surface area (Å²) < 4.78 is 5.09. The van der Waals surface area contributed by atoms with Crippen molar-refractivity contribution in [2.75, 3.05) is 32.1 Å². The van der Waals surface area contributed by atoms with Crippen LogP contribution < -0.4 is 10.1 Å². The lowest BCUT2D eigenvalue weighted by atomic mass is 10.2. The van der Waals surface area contributed by atoms with Crippen LogP contribution in [-0.4, -0.2) is 48.8 Å². The maximum atomic E-state index is 12.3. The summed E-state index contributed by atoms with van der Waals surface area (Å²) in [7, 11) is 1.62. The maximum absolute atomic E-state index is 12.3. The summed E-state index contributed by atoms with van der Waals surface area (Å²) in [6.45, 7) is 1.88. The van der Waals surface area contributed by atoms with Crippen LogP contribution in [-0.2, 0) is 4.79 Å². The standard InChI is InChI=1S/C15H22N2O3/c1-20-13-7-5-12(6-8-13)16-15(19)14-4-2-9-17(14)10-3-11-18/h5-8,14,18H,2-4,9-11H2,1H3,(H,16,19). The molecule has 1 aromatic rings. The first-order valence-corrected chi connectivity index (χ1v) is 7.04. The van der Waals surface area contributed by atoms with E-state index < -0.39 is 0 Å². The molecule has 1 saturated heterocycles. The molecule has 1 aliphatic rings. The molecule has 0 aliphatic carbocycles. The summed E-state index contributed by atoms with van der Waals surface area (Å²) in [6, 6.07) is 7.25. The van der Waals surface area contributed by atoms with Crippen molar-refractivity contribution >= 4 is 11.6 Å². The molecule has 1 unspecified atom stereocenters. The molecule has 1 amide bonds. The van der Waals surface area contributed by atoms with Crippen molar-refractivity contribution in [3.05, 3.63) is 24.3 Å². The molecule has 0 aromatic heterocycles. The van der Waals surface area contributed by atoms with Crippen LogP contribution in [0.25, 0.3) is 0 Å². The van der Waals surface area contributed by atoms with Crippen LogP contribution in [0.2, 0.25) is 0 Å². The zero-order chi connectivity index (χ0) is 14.4. The van der Waals surface area contributed by atoms with Gasteiger partial charge in [-0.25, -0.2) is 0 Å². The van der Waals surface area contributed by atoms with Gasteiger partial charge in [0, 0.05) is 18.8 Å². The summed E-state index contributed by atoms with van der Waals surface area (Å²) in [4.78, 5) is 14.4. The number of likely N-dealkylation sites (tertiary alicyclic amines) is 1. The average Bonchev–Trinajstić information content (AvgIpc) is 2.94. The highest BCUT2D eigenvalue weighted by molar-refractivity contribution is 5.95. The van der Waals surface area contributed by atoms with Crippen LogP contribution in [0.3, 0.4) is 0 Å². The number of carbonyl (C=O) groups is 1. The van der Waals surface area contributed by atoms with Crippen molar-refractivity contribution < 1.29 is 14.6 Å². The predicted molar refractivity (Wildman–Crippen MR) is 77.9 cm³/mol. The molecule has 2 rings (SSSR count). The number of hydrogen-bond donors (Lipinski definition) is 2. The fraction of sp³-hybridized carbons (Fsp3) is 0.533. The van der Waals surface area contributed by atoms with Gasteiger partial charge in [-0.15, -0.1) is 0 Å². The van der Waals surface area contributed by atoms with E-state index in [-0.39, 0.29) is 18.6 Å². The summed E-state index contributed by atoms with van der Waals surface area (Å²) in [5, 5.41) is 11.8. The number of carbonyl (C=O) groups excluding carboxylic acids is 1. The number of nitrogens with zero attached hydrogens (tertiary/aromatic N) is 1. The minimum Gasteiger partial charge on any atom is -0.497 e. The van der Waals surface area contributed by atoms with Gasteiger partial charge in [0.2, 0.25) is 5.91 Å². The molecule has 1 fully saturated rings. The number of ether oxygens (including phenoxy) is 1. The largest absolute Gasteiger partial charge is 0.497 e. The van der Waals surface area contributed by atoms with Crippen molar-refractivity contribution in [2.45, 2.75) is 25.3 Å². The van der Waals surface area contributed by atoms with Gasteiger partial charge in [-0.05, 0) is 50.1 Å². The van der Waals surface area contributed by atoms with Gasteiger partial charge in [0.1, 0.15) is 5.75 Å². The van der Waals surface area contributed by atoms with E-state index in [1.165, 1.54) is 0 Å². The highest BCUT2D eigenvalue weighted by atomic mass is 16.5. The molecule has 0 spiro atoms. The molecule has 110 valence electrons. The SMILES string of the molecule is COc1ccc(NC(=O)C2CCCN2CCCO)cc1. The summed E-state index contributed by atoms with van der Waals surface area (Å²) >= 11 is 0. The number of aliphatic hydroxyl groups is 1. The minimum atomic E-state index is -0.0800.